The molecule has 0 bridgehead atoms. The van der Waals surface area contributed by atoms with Crippen molar-refractivity contribution in [2.45, 2.75) is 39.2 Å². The summed E-state index contributed by atoms with van der Waals surface area (Å²) in [4.78, 5) is 0. The fourth-order valence-electron chi connectivity index (χ4n) is 4.52. The maximum absolute atomic E-state index is 2.31. The van der Waals surface area contributed by atoms with Crippen LogP contribution < -0.4 is 18.3 Å². The molecule has 0 aliphatic heterocycles. The Bertz CT molecular complexity index is 1210. The molecule has 0 saturated carbocycles. The maximum Gasteiger partial charge on any atom is 0.220 e. The molecule has 0 N–H and O–H groups in total. The van der Waals surface area contributed by atoms with Crippen LogP contribution in [0.25, 0.3) is 33.6 Å². The minimum atomic E-state index is 1.08. The van der Waals surface area contributed by atoms with Crippen LogP contribution in [0.4, 0.5) is 0 Å². The number of hydrogen-bond acceptors (Lipinski definition) is 0. The zero-order chi connectivity index (χ0) is 23.2. The summed E-state index contributed by atoms with van der Waals surface area (Å²) in [5.41, 5.74) is 7.35. The van der Waals surface area contributed by atoms with Crippen LogP contribution in [0.1, 0.15) is 32.6 Å². The zero-order valence-electron chi connectivity index (χ0n) is 20.4. The summed E-state index contributed by atoms with van der Waals surface area (Å²) in [7, 11) is 6.31. The Balaban J connectivity index is 1.76. The molecular formula is C29H36N4+4. The lowest BCUT2D eigenvalue weighted by Gasteiger charge is -2.10. The van der Waals surface area contributed by atoms with E-state index >= 15 is 0 Å². The van der Waals surface area contributed by atoms with E-state index in [0.29, 0.717) is 0 Å². The van der Waals surface area contributed by atoms with Crippen molar-refractivity contribution in [3.05, 3.63) is 85.7 Å². The molecule has 0 aliphatic rings. The third kappa shape index (κ3) is 5.16. The summed E-state index contributed by atoms with van der Waals surface area (Å²) in [5, 5.41) is 0. The van der Waals surface area contributed by atoms with Crippen LogP contribution in [-0.2, 0) is 27.7 Å². The predicted octanol–water partition coefficient (Wildman–Crippen LogP) is 4.03. The van der Waals surface area contributed by atoms with Crippen LogP contribution in [0.2, 0.25) is 0 Å². The molecular weight excluding hydrogens is 404 g/mol. The van der Waals surface area contributed by atoms with Gasteiger partial charge in [0.05, 0.1) is 22.3 Å². The normalized spacial score (nSPS) is 11.0. The number of aryl methyl sites for hydroxylation is 4. The minimum Gasteiger partial charge on any atom is -0.208 e. The maximum atomic E-state index is 2.31. The van der Waals surface area contributed by atoms with E-state index in [1.54, 1.807) is 0 Å². The van der Waals surface area contributed by atoms with Crippen LogP contribution in [0.15, 0.2) is 85.7 Å². The highest BCUT2D eigenvalue weighted by molar-refractivity contribution is 5.85. The fraction of sp³-hybridized carbons (Fsp3) is 0.310. The molecule has 0 unspecified atom stereocenters. The Kier molecular flexibility index (Phi) is 7.23. The highest BCUT2D eigenvalue weighted by Crippen LogP contribution is 2.33. The number of pyridine rings is 4. The van der Waals surface area contributed by atoms with E-state index in [4.69, 9.17) is 0 Å². The molecule has 4 nitrogen and oxygen atoms in total. The van der Waals surface area contributed by atoms with Crippen molar-refractivity contribution in [2.24, 2.45) is 21.1 Å². The third-order valence-corrected chi connectivity index (χ3v) is 6.34. The standard InChI is InChI=1S/C29H36N4/c1-5-6-7-8-19-33-22-15-25(16-23-33)29-27(12-10-18-32(29)4)26-11-9-17-31(3)28(26)24-13-20-30(2)21-14-24/h9-18,20-23H,5-8,19H2,1-4H3/q+4. The van der Waals surface area contributed by atoms with Gasteiger partial charge in [0.2, 0.25) is 11.4 Å². The second-order valence-electron chi connectivity index (χ2n) is 8.90. The molecule has 4 aromatic rings. The topological polar surface area (TPSA) is 15.5 Å². The zero-order valence-corrected chi connectivity index (χ0v) is 20.4. The molecule has 0 radical (unpaired) electrons. The SMILES string of the molecule is CCCCCC[n+]1ccc(-c2c(-c3ccc[n+](C)c3-c3cc[n+](C)cc3)ccc[n+]2C)cc1. The first kappa shape index (κ1) is 22.8. The van der Waals surface area contributed by atoms with Crippen LogP contribution >= 0.6 is 0 Å². The van der Waals surface area contributed by atoms with Crippen molar-refractivity contribution < 1.29 is 18.3 Å². The number of unbranched alkanes of at least 4 members (excludes halogenated alkanes) is 3. The lowest BCUT2D eigenvalue weighted by molar-refractivity contribution is -0.697. The molecule has 4 aromatic heterocycles. The van der Waals surface area contributed by atoms with Gasteiger partial charge in [-0.1, -0.05) is 19.8 Å². The molecule has 0 saturated heterocycles. The minimum absolute atomic E-state index is 1.08. The molecule has 0 amide bonds. The Morgan fingerprint density at radius 1 is 0.576 bits per heavy atom. The summed E-state index contributed by atoms with van der Waals surface area (Å²) in [6, 6.07) is 17.6. The lowest BCUT2D eigenvalue weighted by atomic mass is 9.95. The van der Waals surface area contributed by atoms with E-state index in [-0.39, 0.29) is 0 Å². The van der Waals surface area contributed by atoms with Crippen molar-refractivity contribution in [2.75, 3.05) is 0 Å². The number of hydrogen-bond donors (Lipinski definition) is 0. The van der Waals surface area contributed by atoms with E-state index in [9.17, 15) is 0 Å². The molecule has 0 spiro atoms. The van der Waals surface area contributed by atoms with Gasteiger partial charge < -0.3 is 0 Å². The average molecular weight is 441 g/mol. The lowest BCUT2D eigenvalue weighted by Crippen LogP contribution is -2.35. The Labute approximate surface area is 198 Å². The van der Waals surface area contributed by atoms with Gasteiger partial charge in [-0.05, 0) is 18.6 Å². The van der Waals surface area contributed by atoms with Crippen molar-refractivity contribution in [3.8, 4) is 33.6 Å². The quantitative estimate of drug-likeness (QED) is 0.290. The number of aromatic nitrogens is 4. The van der Waals surface area contributed by atoms with Gasteiger partial charge in [0.1, 0.15) is 27.7 Å². The van der Waals surface area contributed by atoms with Crippen molar-refractivity contribution in [3.63, 3.8) is 0 Å². The summed E-state index contributed by atoms with van der Waals surface area (Å²) < 4.78 is 8.83. The molecule has 4 heterocycles. The summed E-state index contributed by atoms with van der Waals surface area (Å²) in [6.45, 7) is 3.34. The predicted molar refractivity (Wildman–Crippen MR) is 131 cm³/mol. The van der Waals surface area contributed by atoms with Gasteiger partial charge in [-0.25, -0.2) is 18.3 Å². The van der Waals surface area contributed by atoms with Crippen molar-refractivity contribution in [1.82, 2.24) is 0 Å². The molecule has 33 heavy (non-hydrogen) atoms. The Hall–Kier alpha value is -3.40. The van der Waals surface area contributed by atoms with Gasteiger partial charge in [-0.15, -0.1) is 0 Å². The van der Waals surface area contributed by atoms with Crippen molar-refractivity contribution in [1.29, 1.82) is 0 Å². The molecule has 0 fully saturated rings. The van der Waals surface area contributed by atoms with E-state index in [1.807, 2.05) is 0 Å². The highest BCUT2D eigenvalue weighted by atomic mass is 14.9. The molecule has 0 aromatic carbocycles. The van der Waals surface area contributed by atoms with Gasteiger partial charge in [-0.2, -0.15) is 0 Å². The molecule has 0 atom stereocenters. The van der Waals surface area contributed by atoms with Gasteiger partial charge in [0.15, 0.2) is 37.2 Å². The van der Waals surface area contributed by atoms with Crippen LogP contribution in [0.5, 0.6) is 0 Å². The second-order valence-corrected chi connectivity index (χ2v) is 8.90. The molecule has 4 rings (SSSR count). The Morgan fingerprint density at radius 3 is 1.61 bits per heavy atom. The third-order valence-electron chi connectivity index (χ3n) is 6.34. The van der Waals surface area contributed by atoms with E-state index in [2.05, 4.69) is 132 Å². The van der Waals surface area contributed by atoms with Gasteiger partial charge >= 0.3 is 0 Å². The van der Waals surface area contributed by atoms with E-state index < -0.39 is 0 Å². The molecule has 4 heteroatoms. The second kappa shape index (κ2) is 10.5. The molecule has 168 valence electrons. The number of rotatable bonds is 8. The average Bonchev–Trinajstić information content (AvgIpc) is 2.83. The molecule has 0 aliphatic carbocycles. The van der Waals surface area contributed by atoms with Gasteiger partial charge in [0, 0.05) is 42.8 Å². The van der Waals surface area contributed by atoms with Crippen molar-refractivity contribution >= 4 is 0 Å². The fourth-order valence-corrected chi connectivity index (χ4v) is 4.52. The van der Waals surface area contributed by atoms with Gasteiger partial charge in [0.25, 0.3) is 0 Å². The first-order valence-electron chi connectivity index (χ1n) is 12.0. The van der Waals surface area contributed by atoms with E-state index in [0.717, 1.165) is 6.54 Å². The van der Waals surface area contributed by atoms with Crippen LogP contribution in [0, 0.1) is 0 Å². The Morgan fingerprint density at radius 2 is 1.09 bits per heavy atom. The smallest absolute Gasteiger partial charge is 0.208 e. The monoisotopic (exact) mass is 440 g/mol. The largest absolute Gasteiger partial charge is 0.220 e. The summed E-state index contributed by atoms with van der Waals surface area (Å²) in [5.74, 6) is 0. The first-order valence-corrected chi connectivity index (χ1v) is 12.0. The highest BCUT2D eigenvalue weighted by Gasteiger charge is 2.25. The van der Waals surface area contributed by atoms with Gasteiger partial charge in [-0.3, -0.25) is 0 Å². The van der Waals surface area contributed by atoms with Crippen LogP contribution in [0.3, 0.4) is 0 Å². The summed E-state index contributed by atoms with van der Waals surface area (Å²) in [6.07, 6.45) is 18.0. The summed E-state index contributed by atoms with van der Waals surface area (Å²) >= 11 is 0. The van der Waals surface area contributed by atoms with Crippen LogP contribution in [-0.4, -0.2) is 0 Å². The number of nitrogens with zero attached hydrogens (tertiary/aromatic N) is 4. The first-order chi connectivity index (χ1) is 16.1. The van der Waals surface area contributed by atoms with E-state index in [1.165, 1.54) is 59.3 Å².